The van der Waals surface area contributed by atoms with Crippen LogP contribution in [-0.2, 0) is 0 Å². The number of carbonyl (C=O) groups is 1. The van der Waals surface area contributed by atoms with E-state index in [-0.39, 0.29) is 0 Å². The van der Waals surface area contributed by atoms with Crippen LogP contribution in [0.4, 0.5) is 5.69 Å². The minimum atomic E-state index is 0.677. The highest BCUT2D eigenvalue weighted by Crippen LogP contribution is 2.31. The van der Waals surface area contributed by atoms with Crippen LogP contribution in [-0.4, -0.2) is 19.4 Å². The molecule has 1 aromatic rings. The molecule has 0 aromatic heterocycles. The Hall–Kier alpha value is -1.02. The zero-order chi connectivity index (χ0) is 9.97. The summed E-state index contributed by atoms with van der Waals surface area (Å²) in [5.74, 6) is 0. The van der Waals surface area contributed by atoms with E-state index in [2.05, 4.69) is 4.90 Å². The van der Waals surface area contributed by atoms with E-state index in [9.17, 15) is 4.79 Å². The molecule has 0 bridgehead atoms. The SMILES string of the molecule is O=Cc1cccc(Cl)c1N1CCCC1. The average molecular weight is 210 g/mol. The summed E-state index contributed by atoms with van der Waals surface area (Å²) in [6, 6.07) is 5.46. The van der Waals surface area contributed by atoms with E-state index >= 15 is 0 Å². The van der Waals surface area contributed by atoms with Gasteiger partial charge in [-0.25, -0.2) is 0 Å². The summed E-state index contributed by atoms with van der Waals surface area (Å²) >= 11 is 6.09. The Morgan fingerprint density at radius 2 is 2.00 bits per heavy atom. The summed E-state index contributed by atoms with van der Waals surface area (Å²) in [4.78, 5) is 13.0. The topological polar surface area (TPSA) is 20.3 Å². The number of aldehydes is 1. The van der Waals surface area contributed by atoms with Crippen LogP contribution in [0.5, 0.6) is 0 Å². The van der Waals surface area contributed by atoms with E-state index in [1.807, 2.05) is 18.2 Å². The number of anilines is 1. The van der Waals surface area contributed by atoms with Crippen molar-refractivity contribution >= 4 is 23.6 Å². The van der Waals surface area contributed by atoms with Crippen molar-refractivity contribution in [3.8, 4) is 0 Å². The smallest absolute Gasteiger partial charge is 0.152 e. The Labute approximate surface area is 88.5 Å². The molecule has 0 unspecified atom stereocenters. The minimum absolute atomic E-state index is 0.677. The van der Waals surface area contributed by atoms with Gasteiger partial charge < -0.3 is 4.90 Å². The third-order valence-corrected chi connectivity index (χ3v) is 2.87. The van der Waals surface area contributed by atoms with Crippen molar-refractivity contribution in [2.45, 2.75) is 12.8 Å². The Morgan fingerprint density at radius 3 is 2.64 bits per heavy atom. The second-order valence-electron chi connectivity index (χ2n) is 3.49. The molecule has 0 spiro atoms. The van der Waals surface area contributed by atoms with Crippen LogP contribution >= 0.6 is 11.6 Å². The number of hydrogen-bond acceptors (Lipinski definition) is 2. The first kappa shape index (κ1) is 9.53. The van der Waals surface area contributed by atoms with Gasteiger partial charge in [-0.3, -0.25) is 4.79 Å². The van der Waals surface area contributed by atoms with E-state index in [1.54, 1.807) is 0 Å². The predicted octanol–water partition coefficient (Wildman–Crippen LogP) is 2.75. The summed E-state index contributed by atoms with van der Waals surface area (Å²) in [6.07, 6.45) is 3.24. The Morgan fingerprint density at radius 1 is 1.29 bits per heavy atom. The van der Waals surface area contributed by atoms with Crippen molar-refractivity contribution in [1.82, 2.24) is 0 Å². The quantitative estimate of drug-likeness (QED) is 0.699. The maximum atomic E-state index is 10.9. The largest absolute Gasteiger partial charge is 0.370 e. The molecule has 2 rings (SSSR count). The molecule has 0 amide bonds. The molecule has 0 N–H and O–H groups in total. The van der Waals surface area contributed by atoms with Gasteiger partial charge in [0.25, 0.3) is 0 Å². The van der Waals surface area contributed by atoms with Gasteiger partial charge in [0.2, 0.25) is 0 Å². The number of halogens is 1. The fourth-order valence-electron chi connectivity index (χ4n) is 1.90. The highest BCUT2D eigenvalue weighted by molar-refractivity contribution is 6.33. The minimum Gasteiger partial charge on any atom is -0.370 e. The molecule has 0 aliphatic carbocycles. The van der Waals surface area contributed by atoms with Crippen molar-refractivity contribution in [1.29, 1.82) is 0 Å². The third kappa shape index (κ3) is 1.62. The van der Waals surface area contributed by atoms with E-state index in [0.717, 1.165) is 25.1 Å². The molecule has 1 aliphatic heterocycles. The Balaban J connectivity index is 2.42. The highest BCUT2D eigenvalue weighted by Gasteiger charge is 2.17. The number of carbonyl (C=O) groups excluding carboxylic acids is 1. The van der Waals surface area contributed by atoms with Crippen LogP contribution in [0, 0.1) is 0 Å². The molecule has 0 saturated carbocycles. The van der Waals surface area contributed by atoms with Gasteiger partial charge in [0.15, 0.2) is 6.29 Å². The second-order valence-corrected chi connectivity index (χ2v) is 3.90. The van der Waals surface area contributed by atoms with Crippen LogP contribution in [0.15, 0.2) is 18.2 Å². The first-order valence-corrected chi connectivity index (χ1v) is 5.19. The van der Waals surface area contributed by atoms with Crippen LogP contribution in [0.1, 0.15) is 23.2 Å². The van der Waals surface area contributed by atoms with E-state index in [0.29, 0.717) is 10.6 Å². The number of para-hydroxylation sites is 1. The molecule has 3 heteroatoms. The molecule has 14 heavy (non-hydrogen) atoms. The molecule has 74 valence electrons. The molecule has 0 radical (unpaired) electrons. The molecule has 0 atom stereocenters. The average Bonchev–Trinajstić information content (AvgIpc) is 2.70. The summed E-state index contributed by atoms with van der Waals surface area (Å²) in [7, 11) is 0. The zero-order valence-corrected chi connectivity index (χ0v) is 8.63. The number of benzene rings is 1. The van der Waals surface area contributed by atoms with Gasteiger partial charge in [-0.15, -0.1) is 0 Å². The number of hydrogen-bond donors (Lipinski definition) is 0. The molecule has 1 heterocycles. The van der Waals surface area contributed by atoms with Gasteiger partial charge in [0, 0.05) is 18.7 Å². The summed E-state index contributed by atoms with van der Waals surface area (Å²) in [6.45, 7) is 2.01. The lowest BCUT2D eigenvalue weighted by atomic mass is 10.2. The van der Waals surface area contributed by atoms with Gasteiger partial charge >= 0.3 is 0 Å². The van der Waals surface area contributed by atoms with Crippen LogP contribution in [0.3, 0.4) is 0 Å². The monoisotopic (exact) mass is 209 g/mol. The Kier molecular flexibility index (Phi) is 2.73. The first-order valence-electron chi connectivity index (χ1n) is 4.81. The van der Waals surface area contributed by atoms with E-state index < -0.39 is 0 Å². The van der Waals surface area contributed by atoms with Crippen molar-refractivity contribution in [2.75, 3.05) is 18.0 Å². The molecule has 1 aromatic carbocycles. The van der Waals surface area contributed by atoms with Crippen LogP contribution in [0.2, 0.25) is 5.02 Å². The van der Waals surface area contributed by atoms with Crippen molar-refractivity contribution in [3.63, 3.8) is 0 Å². The summed E-state index contributed by atoms with van der Waals surface area (Å²) in [5, 5.41) is 0.677. The molecular formula is C11H12ClNO. The molecule has 1 saturated heterocycles. The summed E-state index contributed by atoms with van der Waals surface area (Å²) in [5.41, 5.74) is 1.60. The van der Waals surface area contributed by atoms with Crippen LogP contribution in [0.25, 0.3) is 0 Å². The molecule has 1 aliphatic rings. The maximum Gasteiger partial charge on any atom is 0.152 e. The van der Waals surface area contributed by atoms with E-state index in [4.69, 9.17) is 11.6 Å². The standard InChI is InChI=1S/C11H12ClNO/c12-10-5-3-4-9(8-14)11(10)13-6-1-2-7-13/h3-5,8H,1-2,6-7H2. The lowest BCUT2D eigenvalue weighted by Gasteiger charge is -2.20. The van der Waals surface area contributed by atoms with Gasteiger partial charge in [-0.1, -0.05) is 17.7 Å². The second kappa shape index (κ2) is 4.01. The lowest BCUT2D eigenvalue weighted by molar-refractivity contribution is 0.112. The van der Waals surface area contributed by atoms with Crippen molar-refractivity contribution in [2.24, 2.45) is 0 Å². The fraction of sp³-hybridized carbons (Fsp3) is 0.364. The van der Waals surface area contributed by atoms with Gasteiger partial charge in [0.1, 0.15) is 0 Å². The van der Waals surface area contributed by atoms with Crippen molar-refractivity contribution in [3.05, 3.63) is 28.8 Å². The molecule has 2 nitrogen and oxygen atoms in total. The Bertz CT molecular complexity index is 345. The molecular weight excluding hydrogens is 198 g/mol. The summed E-state index contributed by atoms with van der Waals surface area (Å²) < 4.78 is 0. The molecule has 1 fully saturated rings. The predicted molar refractivity (Wildman–Crippen MR) is 58.3 cm³/mol. The zero-order valence-electron chi connectivity index (χ0n) is 7.87. The highest BCUT2D eigenvalue weighted by atomic mass is 35.5. The number of nitrogens with zero attached hydrogens (tertiary/aromatic N) is 1. The van der Waals surface area contributed by atoms with Crippen LogP contribution < -0.4 is 4.90 Å². The van der Waals surface area contributed by atoms with Gasteiger partial charge in [-0.05, 0) is 25.0 Å². The first-order chi connectivity index (χ1) is 6.83. The number of rotatable bonds is 2. The third-order valence-electron chi connectivity index (χ3n) is 2.57. The fourth-order valence-corrected chi connectivity index (χ4v) is 2.20. The normalized spacial score (nSPS) is 15.9. The van der Waals surface area contributed by atoms with E-state index in [1.165, 1.54) is 12.8 Å². The maximum absolute atomic E-state index is 10.9. The van der Waals surface area contributed by atoms with Gasteiger partial charge in [-0.2, -0.15) is 0 Å². The van der Waals surface area contributed by atoms with Gasteiger partial charge in [0.05, 0.1) is 10.7 Å². The lowest BCUT2D eigenvalue weighted by Crippen LogP contribution is -2.19. The van der Waals surface area contributed by atoms with Crippen molar-refractivity contribution < 1.29 is 4.79 Å².